The predicted octanol–water partition coefficient (Wildman–Crippen LogP) is 1.49. The van der Waals surface area contributed by atoms with Gasteiger partial charge in [0.05, 0.1) is 18.5 Å². The summed E-state index contributed by atoms with van der Waals surface area (Å²) in [5.74, 6) is 0.348. The van der Waals surface area contributed by atoms with Crippen molar-refractivity contribution in [3.05, 3.63) is 0 Å². The van der Waals surface area contributed by atoms with Crippen LogP contribution in [0.25, 0.3) is 0 Å². The molecule has 6 heteroatoms. The summed E-state index contributed by atoms with van der Waals surface area (Å²) in [5.41, 5.74) is -0.391. The van der Waals surface area contributed by atoms with Crippen molar-refractivity contribution in [3.8, 4) is 0 Å². The Morgan fingerprint density at radius 2 is 2.06 bits per heavy atom. The van der Waals surface area contributed by atoms with E-state index in [-0.39, 0.29) is 18.5 Å². The first-order valence-electron chi connectivity index (χ1n) is 5.58. The smallest absolute Gasteiger partial charge is 0.214 e. The number of sulfonamides is 1. The Morgan fingerprint density at radius 3 is 2.44 bits per heavy atom. The Bertz CT molecular complexity index is 307. The van der Waals surface area contributed by atoms with Gasteiger partial charge in [-0.3, -0.25) is 0 Å². The normalized spacial score (nSPS) is 19.8. The van der Waals surface area contributed by atoms with Gasteiger partial charge in [0.15, 0.2) is 0 Å². The average Bonchev–Trinajstić information content (AvgIpc) is 2.10. The van der Waals surface area contributed by atoms with Crippen molar-refractivity contribution in [1.29, 1.82) is 0 Å². The molecule has 1 saturated carbocycles. The zero-order valence-electron chi connectivity index (χ0n) is 9.83. The predicted molar refractivity (Wildman–Crippen MR) is 65.3 cm³/mol. The number of hydrogen-bond donors (Lipinski definition) is 1. The SMILES string of the molecule is CC(C)OCCS(=O)(=O)NC1(CCl)CCC1. The highest BCUT2D eigenvalue weighted by molar-refractivity contribution is 7.89. The molecule has 96 valence electrons. The molecule has 0 amide bonds. The van der Waals surface area contributed by atoms with Crippen LogP contribution in [0, 0.1) is 0 Å². The topological polar surface area (TPSA) is 55.4 Å². The molecule has 1 aliphatic rings. The summed E-state index contributed by atoms with van der Waals surface area (Å²) in [6, 6.07) is 0. The minimum atomic E-state index is -3.27. The molecular formula is C10H20ClNO3S. The van der Waals surface area contributed by atoms with E-state index in [2.05, 4.69) is 4.72 Å². The summed E-state index contributed by atoms with van der Waals surface area (Å²) in [6.07, 6.45) is 2.76. The molecule has 1 fully saturated rings. The van der Waals surface area contributed by atoms with Crippen molar-refractivity contribution in [2.75, 3.05) is 18.2 Å². The summed E-state index contributed by atoms with van der Waals surface area (Å²) in [7, 11) is -3.27. The van der Waals surface area contributed by atoms with E-state index < -0.39 is 15.6 Å². The van der Waals surface area contributed by atoms with Crippen molar-refractivity contribution in [3.63, 3.8) is 0 Å². The molecule has 1 aliphatic carbocycles. The minimum absolute atomic E-state index is 0.00379. The van der Waals surface area contributed by atoms with Crippen LogP contribution in [-0.2, 0) is 14.8 Å². The molecule has 1 rings (SSSR count). The molecule has 0 aromatic rings. The summed E-state index contributed by atoms with van der Waals surface area (Å²) in [4.78, 5) is 0. The number of hydrogen-bond acceptors (Lipinski definition) is 3. The number of nitrogens with one attached hydrogen (secondary N) is 1. The van der Waals surface area contributed by atoms with Crippen molar-refractivity contribution in [2.45, 2.75) is 44.8 Å². The second-order valence-electron chi connectivity index (χ2n) is 4.61. The Kier molecular flexibility index (Phi) is 5.04. The van der Waals surface area contributed by atoms with E-state index in [1.54, 1.807) is 0 Å². The summed E-state index contributed by atoms with van der Waals surface area (Å²) in [6.45, 7) is 3.99. The monoisotopic (exact) mass is 269 g/mol. The maximum atomic E-state index is 11.7. The van der Waals surface area contributed by atoms with Crippen LogP contribution in [0.15, 0.2) is 0 Å². The maximum absolute atomic E-state index is 11.7. The van der Waals surface area contributed by atoms with E-state index in [4.69, 9.17) is 16.3 Å². The molecular weight excluding hydrogens is 250 g/mol. The van der Waals surface area contributed by atoms with E-state index >= 15 is 0 Å². The molecule has 4 nitrogen and oxygen atoms in total. The Balaban J connectivity index is 2.39. The van der Waals surface area contributed by atoms with Crippen molar-refractivity contribution in [1.82, 2.24) is 4.72 Å². The van der Waals surface area contributed by atoms with Gasteiger partial charge in [-0.2, -0.15) is 0 Å². The number of ether oxygens (including phenoxy) is 1. The van der Waals surface area contributed by atoms with Crippen LogP contribution in [0.3, 0.4) is 0 Å². The fourth-order valence-electron chi connectivity index (χ4n) is 1.64. The fourth-order valence-corrected chi connectivity index (χ4v) is 3.41. The van der Waals surface area contributed by atoms with Crippen molar-refractivity contribution in [2.24, 2.45) is 0 Å². The highest BCUT2D eigenvalue weighted by Gasteiger charge is 2.39. The van der Waals surface area contributed by atoms with Gasteiger partial charge in [-0.05, 0) is 33.1 Å². The van der Waals surface area contributed by atoms with E-state index in [1.165, 1.54) is 0 Å². The average molecular weight is 270 g/mol. The van der Waals surface area contributed by atoms with E-state index in [9.17, 15) is 8.42 Å². The van der Waals surface area contributed by atoms with Crippen LogP contribution in [0.2, 0.25) is 0 Å². The lowest BCUT2D eigenvalue weighted by Gasteiger charge is -2.40. The van der Waals surface area contributed by atoms with Gasteiger partial charge in [0, 0.05) is 11.4 Å². The largest absolute Gasteiger partial charge is 0.378 e. The van der Waals surface area contributed by atoms with Crippen LogP contribution in [0.5, 0.6) is 0 Å². The van der Waals surface area contributed by atoms with Gasteiger partial charge in [0.25, 0.3) is 0 Å². The Labute approximate surface area is 103 Å². The molecule has 16 heavy (non-hydrogen) atoms. The zero-order chi connectivity index (χ0) is 12.2. The molecule has 0 spiro atoms. The van der Waals surface area contributed by atoms with Crippen LogP contribution in [-0.4, -0.2) is 38.3 Å². The number of alkyl halides is 1. The fraction of sp³-hybridized carbons (Fsp3) is 1.00. The van der Waals surface area contributed by atoms with Crippen LogP contribution >= 0.6 is 11.6 Å². The molecule has 0 saturated heterocycles. The van der Waals surface area contributed by atoms with Gasteiger partial charge in [0.1, 0.15) is 0 Å². The van der Waals surface area contributed by atoms with Gasteiger partial charge in [-0.1, -0.05) is 0 Å². The standard InChI is InChI=1S/C10H20ClNO3S/c1-9(2)15-6-7-16(13,14)12-10(8-11)4-3-5-10/h9,12H,3-8H2,1-2H3. The van der Waals surface area contributed by atoms with Gasteiger partial charge in [0.2, 0.25) is 10.0 Å². The highest BCUT2D eigenvalue weighted by atomic mass is 35.5. The summed E-state index contributed by atoms with van der Waals surface area (Å²) in [5, 5.41) is 0. The van der Waals surface area contributed by atoms with Gasteiger partial charge >= 0.3 is 0 Å². The molecule has 0 aliphatic heterocycles. The molecule has 1 N–H and O–H groups in total. The highest BCUT2D eigenvalue weighted by Crippen LogP contribution is 2.33. The third-order valence-corrected chi connectivity index (χ3v) is 4.70. The van der Waals surface area contributed by atoms with E-state index in [0.29, 0.717) is 5.88 Å². The number of halogens is 1. The van der Waals surface area contributed by atoms with Crippen LogP contribution < -0.4 is 4.72 Å². The molecule has 0 heterocycles. The van der Waals surface area contributed by atoms with Gasteiger partial charge in [-0.25, -0.2) is 13.1 Å². The van der Waals surface area contributed by atoms with Gasteiger partial charge < -0.3 is 4.74 Å². The second-order valence-corrected chi connectivity index (χ2v) is 6.72. The third kappa shape index (κ3) is 4.20. The number of rotatable bonds is 7. The first-order valence-corrected chi connectivity index (χ1v) is 7.77. The molecule has 0 radical (unpaired) electrons. The zero-order valence-corrected chi connectivity index (χ0v) is 11.4. The Morgan fingerprint density at radius 1 is 1.44 bits per heavy atom. The lowest BCUT2D eigenvalue weighted by Crippen LogP contribution is -2.55. The maximum Gasteiger partial charge on any atom is 0.214 e. The molecule has 0 unspecified atom stereocenters. The van der Waals surface area contributed by atoms with Crippen molar-refractivity contribution >= 4 is 21.6 Å². The van der Waals surface area contributed by atoms with Gasteiger partial charge in [-0.15, -0.1) is 11.6 Å². The summed E-state index contributed by atoms with van der Waals surface area (Å²) >= 11 is 5.79. The van der Waals surface area contributed by atoms with E-state index in [1.807, 2.05) is 13.8 Å². The molecule has 0 bridgehead atoms. The quantitative estimate of drug-likeness (QED) is 0.713. The summed E-state index contributed by atoms with van der Waals surface area (Å²) < 4.78 is 31.4. The van der Waals surface area contributed by atoms with E-state index in [0.717, 1.165) is 19.3 Å². The second kappa shape index (κ2) is 5.67. The van der Waals surface area contributed by atoms with Crippen molar-refractivity contribution < 1.29 is 13.2 Å². The first-order chi connectivity index (χ1) is 7.39. The molecule has 0 atom stereocenters. The van der Waals surface area contributed by atoms with Crippen LogP contribution in [0.4, 0.5) is 0 Å². The lowest BCUT2D eigenvalue weighted by atomic mass is 9.79. The minimum Gasteiger partial charge on any atom is -0.378 e. The molecule has 0 aromatic carbocycles. The first kappa shape index (κ1) is 14.2. The van der Waals surface area contributed by atoms with Crippen LogP contribution in [0.1, 0.15) is 33.1 Å². The lowest BCUT2D eigenvalue weighted by molar-refractivity contribution is 0.0909. The Hall–Kier alpha value is 0.160. The third-order valence-electron chi connectivity index (χ3n) is 2.74. The molecule has 0 aromatic heterocycles.